The lowest BCUT2D eigenvalue weighted by Gasteiger charge is -2.26. The van der Waals surface area contributed by atoms with Crippen LogP contribution >= 0.6 is 38.5 Å². The van der Waals surface area contributed by atoms with E-state index >= 15 is 0 Å². The average Bonchev–Trinajstić information content (AvgIpc) is 3.42. The smallest absolute Gasteiger partial charge is 0.410 e. The summed E-state index contributed by atoms with van der Waals surface area (Å²) in [4.78, 5) is 22.1. The first kappa shape index (κ1) is 23.9. The minimum absolute atomic E-state index is 0.169. The standard InChI is InChI=1S/C24H32BrIN4O2/c1-14(2)16-7-9-28(12-16)22-27-21-18(11-15(3)19(25)20(21)26)30(22)17-8-10-29(13-17)23(31)32-24(4,5)6/h11,16-17H,1,7-10,12-13H2,2-6H3/t16-,17+/m1/s1. The number of anilines is 1. The zero-order valence-electron chi connectivity index (χ0n) is 19.5. The molecular weight excluding hydrogens is 583 g/mol. The maximum atomic E-state index is 12.7. The van der Waals surface area contributed by atoms with E-state index in [1.807, 2.05) is 25.7 Å². The van der Waals surface area contributed by atoms with Crippen molar-refractivity contribution in [1.82, 2.24) is 14.5 Å². The Morgan fingerprint density at radius 2 is 2.00 bits per heavy atom. The van der Waals surface area contributed by atoms with Crippen molar-refractivity contribution < 1.29 is 9.53 Å². The topological polar surface area (TPSA) is 50.6 Å². The predicted molar refractivity (Wildman–Crippen MR) is 141 cm³/mol. The van der Waals surface area contributed by atoms with Gasteiger partial charge in [-0.15, -0.1) is 0 Å². The maximum absolute atomic E-state index is 12.7. The first-order chi connectivity index (χ1) is 15.0. The lowest BCUT2D eigenvalue weighted by molar-refractivity contribution is 0.0289. The Labute approximate surface area is 212 Å². The van der Waals surface area contributed by atoms with Gasteiger partial charge in [0.1, 0.15) is 11.1 Å². The average molecular weight is 615 g/mol. The second-order valence-corrected chi connectivity index (χ2v) is 12.0. The fourth-order valence-electron chi connectivity index (χ4n) is 4.65. The molecule has 8 heteroatoms. The van der Waals surface area contributed by atoms with E-state index in [0.717, 1.165) is 51.0 Å². The minimum Gasteiger partial charge on any atom is -0.444 e. The SMILES string of the molecule is C=C(C)[C@@H]1CCN(c2nc3c(I)c(Br)c(C)cc3n2[C@H]2CCN(C(=O)OC(C)(C)C)C2)C1. The van der Waals surface area contributed by atoms with Gasteiger partial charge in [-0.25, -0.2) is 9.78 Å². The van der Waals surface area contributed by atoms with Gasteiger partial charge in [-0.05, 0) is 104 Å². The Kier molecular flexibility index (Phi) is 6.57. The van der Waals surface area contributed by atoms with E-state index < -0.39 is 5.60 Å². The summed E-state index contributed by atoms with van der Waals surface area (Å²) in [5.74, 6) is 1.51. The minimum atomic E-state index is -0.491. The zero-order valence-corrected chi connectivity index (χ0v) is 23.3. The number of imidazole rings is 1. The number of amides is 1. The molecule has 0 N–H and O–H groups in total. The molecule has 32 heavy (non-hydrogen) atoms. The molecule has 0 bridgehead atoms. The number of carbonyl (C=O) groups is 1. The van der Waals surface area contributed by atoms with E-state index in [4.69, 9.17) is 9.72 Å². The number of benzene rings is 1. The number of hydrogen-bond donors (Lipinski definition) is 0. The van der Waals surface area contributed by atoms with Crippen LogP contribution in [0.15, 0.2) is 22.7 Å². The number of nitrogens with zero attached hydrogens (tertiary/aromatic N) is 4. The van der Waals surface area contributed by atoms with Crippen molar-refractivity contribution in [2.45, 2.75) is 59.1 Å². The number of hydrogen-bond acceptors (Lipinski definition) is 4. The van der Waals surface area contributed by atoms with Crippen molar-refractivity contribution in [3.8, 4) is 0 Å². The lowest BCUT2D eigenvalue weighted by Crippen LogP contribution is -2.35. The number of carbonyl (C=O) groups excluding carboxylic acids is 1. The van der Waals surface area contributed by atoms with Gasteiger partial charge in [-0.1, -0.05) is 12.2 Å². The molecular formula is C24H32BrIN4O2. The predicted octanol–water partition coefficient (Wildman–Crippen LogP) is 6.30. The third kappa shape index (κ3) is 4.54. The van der Waals surface area contributed by atoms with Gasteiger partial charge in [-0.2, -0.15) is 0 Å². The summed E-state index contributed by atoms with van der Waals surface area (Å²) in [5, 5.41) is 0. The molecule has 1 aromatic heterocycles. The number of halogens is 2. The lowest BCUT2D eigenvalue weighted by atomic mass is 10.0. The number of fused-ring (bicyclic) bond motifs is 1. The Morgan fingerprint density at radius 1 is 1.28 bits per heavy atom. The van der Waals surface area contributed by atoms with Gasteiger partial charge >= 0.3 is 6.09 Å². The number of likely N-dealkylation sites (tertiary alicyclic amines) is 1. The van der Waals surface area contributed by atoms with Crippen molar-refractivity contribution in [1.29, 1.82) is 0 Å². The molecule has 0 saturated carbocycles. The van der Waals surface area contributed by atoms with Gasteiger partial charge in [0.25, 0.3) is 0 Å². The molecule has 2 aliphatic rings. The van der Waals surface area contributed by atoms with Crippen molar-refractivity contribution in [2.24, 2.45) is 5.92 Å². The molecule has 3 heterocycles. The van der Waals surface area contributed by atoms with E-state index in [2.05, 4.69) is 74.5 Å². The molecule has 6 nitrogen and oxygen atoms in total. The summed E-state index contributed by atoms with van der Waals surface area (Å²) in [6.45, 7) is 17.4. The molecule has 2 aromatic rings. The van der Waals surface area contributed by atoms with E-state index in [1.165, 1.54) is 11.1 Å². The first-order valence-corrected chi connectivity index (χ1v) is 13.1. The van der Waals surface area contributed by atoms with Crippen molar-refractivity contribution in [2.75, 3.05) is 31.1 Å². The molecule has 1 amide bonds. The summed E-state index contributed by atoms with van der Waals surface area (Å²) in [5.41, 5.74) is 4.10. The van der Waals surface area contributed by atoms with Crippen LogP contribution in [0, 0.1) is 16.4 Å². The molecule has 2 atom stereocenters. The number of aromatic nitrogens is 2. The monoisotopic (exact) mass is 614 g/mol. The maximum Gasteiger partial charge on any atom is 0.410 e. The number of ether oxygens (including phenoxy) is 1. The highest BCUT2D eigenvalue weighted by Gasteiger charge is 2.35. The quantitative estimate of drug-likeness (QED) is 0.301. The highest BCUT2D eigenvalue weighted by Crippen LogP contribution is 2.39. The molecule has 0 aliphatic carbocycles. The Hall–Kier alpha value is -1.29. The molecule has 2 aliphatic heterocycles. The van der Waals surface area contributed by atoms with Crippen LogP contribution in [0.5, 0.6) is 0 Å². The summed E-state index contributed by atoms with van der Waals surface area (Å²) < 4.78 is 10.2. The van der Waals surface area contributed by atoms with Gasteiger partial charge in [0.05, 0.1) is 15.1 Å². The van der Waals surface area contributed by atoms with Gasteiger partial charge in [0.2, 0.25) is 5.95 Å². The van der Waals surface area contributed by atoms with E-state index in [1.54, 1.807) is 0 Å². The van der Waals surface area contributed by atoms with Gasteiger partial charge in [0.15, 0.2) is 0 Å². The second kappa shape index (κ2) is 8.81. The third-order valence-electron chi connectivity index (χ3n) is 6.38. The Balaban J connectivity index is 1.73. The molecule has 174 valence electrons. The highest BCUT2D eigenvalue weighted by molar-refractivity contribution is 14.1. The van der Waals surface area contributed by atoms with E-state index in [9.17, 15) is 4.79 Å². The molecule has 0 radical (unpaired) electrons. The number of aryl methyl sites for hydroxylation is 1. The normalized spacial score (nSPS) is 21.6. The Bertz CT molecular complexity index is 1070. The van der Waals surface area contributed by atoms with Gasteiger partial charge in [-0.3, -0.25) is 0 Å². The van der Waals surface area contributed by atoms with Gasteiger partial charge < -0.3 is 19.1 Å². The van der Waals surface area contributed by atoms with Crippen LogP contribution in [0.2, 0.25) is 0 Å². The number of rotatable bonds is 3. The molecule has 1 aromatic carbocycles. The van der Waals surface area contributed by atoms with Crippen LogP contribution < -0.4 is 4.90 Å². The van der Waals surface area contributed by atoms with Crippen LogP contribution in [0.25, 0.3) is 11.0 Å². The molecule has 0 spiro atoms. The van der Waals surface area contributed by atoms with Crippen LogP contribution in [-0.4, -0.2) is 52.3 Å². The fraction of sp³-hybridized carbons (Fsp3) is 0.583. The van der Waals surface area contributed by atoms with Crippen molar-refractivity contribution in [3.63, 3.8) is 0 Å². The van der Waals surface area contributed by atoms with Crippen molar-refractivity contribution in [3.05, 3.63) is 31.8 Å². The molecule has 4 rings (SSSR count). The molecule has 0 unspecified atom stereocenters. The molecule has 2 saturated heterocycles. The van der Waals surface area contributed by atoms with Crippen LogP contribution in [0.3, 0.4) is 0 Å². The van der Waals surface area contributed by atoms with Crippen LogP contribution in [-0.2, 0) is 4.74 Å². The Morgan fingerprint density at radius 3 is 2.62 bits per heavy atom. The first-order valence-electron chi connectivity index (χ1n) is 11.2. The summed E-state index contributed by atoms with van der Waals surface area (Å²) in [6.07, 6.45) is 1.76. The van der Waals surface area contributed by atoms with E-state index in [-0.39, 0.29) is 12.1 Å². The fourth-order valence-corrected chi connectivity index (χ4v) is 5.77. The summed E-state index contributed by atoms with van der Waals surface area (Å²) >= 11 is 6.12. The zero-order chi connectivity index (χ0) is 23.4. The largest absolute Gasteiger partial charge is 0.444 e. The van der Waals surface area contributed by atoms with E-state index in [0.29, 0.717) is 19.0 Å². The van der Waals surface area contributed by atoms with Crippen molar-refractivity contribution >= 4 is 61.6 Å². The second-order valence-electron chi connectivity index (χ2n) is 10.1. The third-order valence-corrected chi connectivity index (χ3v) is 9.19. The van der Waals surface area contributed by atoms with Gasteiger partial charge in [0, 0.05) is 30.7 Å². The summed E-state index contributed by atoms with van der Waals surface area (Å²) in [7, 11) is 0. The van der Waals surface area contributed by atoms with Crippen LogP contribution in [0.4, 0.5) is 10.7 Å². The molecule has 2 fully saturated rings. The summed E-state index contributed by atoms with van der Waals surface area (Å²) in [6, 6.07) is 2.39. The highest BCUT2D eigenvalue weighted by atomic mass is 127. The van der Waals surface area contributed by atoms with Crippen LogP contribution in [0.1, 0.15) is 52.1 Å².